The minimum absolute atomic E-state index is 0.166. The SMILES string of the molecule is Nc1c2c(nn1-c1ccccc1)-c1ccccc1CC21CCCCC1. The summed E-state index contributed by atoms with van der Waals surface area (Å²) >= 11 is 0. The standard InChI is InChI=1S/C22H23N3/c23-21-19-20(24-25(21)17-10-3-1-4-11-17)18-12-6-5-9-16(18)15-22(19)13-7-2-8-14-22/h1,3-6,9-12H,2,7-8,13-15,23H2. The molecule has 25 heavy (non-hydrogen) atoms. The molecule has 1 spiro atoms. The smallest absolute Gasteiger partial charge is 0.131 e. The first-order valence-corrected chi connectivity index (χ1v) is 9.31. The van der Waals surface area contributed by atoms with Crippen LogP contribution in [0.2, 0.25) is 0 Å². The van der Waals surface area contributed by atoms with Crippen LogP contribution in [-0.4, -0.2) is 9.78 Å². The Hall–Kier alpha value is -2.55. The van der Waals surface area contributed by atoms with Crippen LogP contribution in [0.25, 0.3) is 16.9 Å². The highest BCUT2D eigenvalue weighted by atomic mass is 15.3. The van der Waals surface area contributed by atoms with E-state index in [1.807, 2.05) is 22.9 Å². The van der Waals surface area contributed by atoms with Crippen molar-refractivity contribution in [3.8, 4) is 16.9 Å². The van der Waals surface area contributed by atoms with Crippen molar-refractivity contribution in [2.45, 2.75) is 43.9 Å². The molecule has 3 nitrogen and oxygen atoms in total. The van der Waals surface area contributed by atoms with Crippen molar-refractivity contribution >= 4 is 5.82 Å². The van der Waals surface area contributed by atoms with E-state index in [1.165, 1.54) is 48.8 Å². The Morgan fingerprint density at radius 3 is 2.40 bits per heavy atom. The van der Waals surface area contributed by atoms with E-state index in [-0.39, 0.29) is 5.41 Å². The third-order valence-electron chi connectivity index (χ3n) is 6.06. The molecule has 0 unspecified atom stereocenters. The molecule has 1 aromatic heterocycles. The van der Waals surface area contributed by atoms with Crippen molar-refractivity contribution in [2.24, 2.45) is 0 Å². The minimum Gasteiger partial charge on any atom is -0.383 e. The Kier molecular flexibility index (Phi) is 3.24. The predicted molar refractivity (Wildman–Crippen MR) is 102 cm³/mol. The molecule has 1 fully saturated rings. The molecule has 0 radical (unpaired) electrons. The number of para-hydroxylation sites is 1. The summed E-state index contributed by atoms with van der Waals surface area (Å²) in [5, 5.41) is 5.00. The lowest BCUT2D eigenvalue weighted by Crippen LogP contribution is -2.35. The molecule has 2 aromatic carbocycles. The molecule has 3 heteroatoms. The number of rotatable bonds is 1. The number of nitrogen functional groups attached to an aromatic ring is 1. The number of aromatic nitrogens is 2. The number of benzene rings is 2. The summed E-state index contributed by atoms with van der Waals surface area (Å²) in [7, 11) is 0. The second-order valence-corrected chi connectivity index (χ2v) is 7.53. The van der Waals surface area contributed by atoms with Crippen LogP contribution in [0, 0.1) is 0 Å². The van der Waals surface area contributed by atoms with Gasteiger partial charge in [0.1, 0.15) is 5.82 Å². The molecule has 0 amide bonds. The first-order valence-electron chi connectivity index (χ1n) is 9.31. The Balaban J connectivity index is 1.78. The van der Waals surface area contributed by atoms with Gasteiger partial charge in [0, 0.05) is 16.5 Å². The first-order chi connectivity index (χ1) is 12.3. The summed E-state index contributed by atoms with van der Waals surface area (Å²) in [5.74, 6) is 0.831. The minimum atomic E-state index is 0.166. The van der Waals surface area contributed by atoms with Gasteiger partial charge in [-0.15, -0.1) is 0 Å². The zero-order valence-electron chi connectivity index (χ0n) is 14.4. The van der Waals surface area contributed by atoms with E-state index in [0.29, 0.717) is 0 Å². The van der Waals surface area contributed by atoms with Crippen LogP contribution in [0.1, 0.15) is 43.2 Å². The fourth-order valence-electron chi connectivity index (χ4n) is 4.92. The largest absolute Gasteiger partial charge is 0.383 e. The second-order valence-electron chi connectivity index (χ2n) is 7.53. The molecule has 2 aliphatic rings. The molecule has 3 aromatic rings. The molecule has 0 aliphatic heterocycles. The van der Waals surface area contributed by atoms with Gasteiger partial charge < -0.3 is 5.73 Å². The van der Waals surface area contributed by atoms with Crippen LogP contribution in [0.3, 0.4) is 0 Å². The summed E-state index contributed by atoms with van der Waals surface area (Å²) in [6.07, 6.45) is 7.46. The van der Waals surface area contributed by atoms with Crippen LogP contribution < -0.4 is 5.73 Å². The van der Waals surface area contributed by atoms with E-state index in [1.54, 1.807) is 0 Å². The van der Waals surface area contributed by atoms with Gasteiger partial charge in [0.25, 0.3) is 0 Å². The normalized spacial score (nSPS) is 17.9. The lowest BCUT2D eigenvalue weighted by molar-refractivity contribution is 0.289. The first kappa shape index (κ1) is 14.8. The highest BCUT2D eigenvalue weighted by molar-refractivity contribution is 5.77. The zero-order chi connectivity index (χ0) is 16.9. The van der Waals surface area contributed by atoms with Gasteiger partial charge in [-0.2, -0.15) is 5.10 Å². The summed E-state index contributed by atoms with van der Waals surface area (Å²) in [6.45, 7) is 0. The Morgan fingerprint density at radius 2 is 1.60 bits per heavy atom. The van der Waals surface area contributed by atoms with Gasteiger partial charge >= 0.3 is 0 Å². The van der Waals surface area contributed by atoms with Gasteiger partial charge in [-0.3, -0.25) is 0 Å². The number of nitrogens with zero attached hydrogens (tertiary/aromatic N) is 2. The van der Waals surface area contributed by atoms with Crippen molar-refractivity contribution in [3.05, 3.63) is 65.7 Å². The Bertz CT molecular complexity index is 918. The van der Waals surface area contributed by atoms with Crippen molar-refractivity contribution < 1.29 is 0 Å². The van der Waals surface area contributed by atoms with Crippen LogP contribution in [0.15, 0.2) is 54.6 Å². The fourth-order valence-corrected chi connectivity index (χ4v) is 4.92. The van der Waals surface area contributed by atoms with Crippen molar-refractivity contribution in [2.75, 3.05) is 5.73 Å². The van der Waals surface area contributed by atoms with E-state index in [4.69, 9.17) is 10.8 Å². The van der Waals surface area contributed by atoms with Crippen molar-refractivity contribution in [1.82, 2.24) is 9.78 Å². The number of hydrogen-bond acceptors (Lipinski definition) is 2. The lowest BCUT2D eigenvalue weighted by atomic mass is 9.62. The molecular weight excluding hydrogens is 306 g/mol. The highest BCUT2D eigenvalue weighted by Crippen LogP contribution is 2.52. The van der Waals surface area contributed by atoms with Crippen molar-refractivity contribution in [1.29, 1.82) is 0 Å². The maximum Gasteiger partial charge on any atom is 0.131 e. The average molecular weight is 329 g/mol. The molecule has 0 atom stereocenters. The molecule has 2 N–H and O–H groups in total. The number of nitrogens with two attached hydrogens (primary N) is 1. The average Bonchev–Trinajstić information content (AvgIpc) is 3.02. The molecule has 126 valence electrons. The summed E-state index contributed by atoms with van der Waals surface area (Å²) < 4.78 is 1.95. The van der Waals surface area contributed by atoms with Gasteiger partial charge in [0.15, 0.2) is 0 Å². The third-order valence-corrected chi connectivity index (χ3v) is 6.06. The monoisotopic (exact) mass is 329 g/mol. The molecule has 1 heterocycles. The maximum atomic E-state index is 6.72. The quantitative estimate of drug-likeness (QED) is 0.691. The van der Waals surface area contributed by atoms with Gasteiger partial charge in [0.2, 0.25) is 0 Å². The third kappa shape index (κ3) is 2.15. The van der Waals surface area contributed by atoms with E-state index in [0.717, 1.165) is 23.6 Å². The summed E-state index contributed by atoms with van der Waals surface area (Å²) in [6, 6.07) is 19.0. The maximum absolute atomic E-state index is 6.72. The van der Waals surface area contributed by atoms with Gasteiger partial charge in [0.05, 0.1) is 11.4 Å². The van der Waals surface area contributed by atoms with E-state index >= 15 is 0 Å². The topological polar surface area (TPSA) is 43.8 Å². The summed E-state index contributed by atoms with van der Waals surface area (Å²) in [4.78, 5) is 0. The predicted octanol–water partition coefficient (Wildman–Crippen LogP) is 4.88. The fraction of sp³-hybridized carbons (Fsp3) is 0.318. The molecule has 5 rings (SSSR count). The van der Waals surface area contributed by atoms with E-state index in [2.05, 4.69) is 36.4 Å². The van der Waals surface area contributed by atoms with Gasteiger partial charge in [-0.1, -0.05) is 61.7 Å². The highest BCUT2D eigenvalue weighted by Gasteiger charge is 2.43. The Labute approximate surface area is 148 Å². The second kappa shape index (κ2) is 5.48. The molecule has 0 bridgehead atoms. The molecular formula is C22H23N3. The zero-order valence-corrected chi connectivity index (χ0v) is 14.4. The summed E-state index contributed by atoms with van der Waals surface area (Å²) in [5.41, 5.74) is 13.0. The molecule has 2 aliphatic carbocycles. The molecule has 0 saturated heterocycles. The number of anilines is 1. The van der Waals surface area contributed by atoms with Crippen LogP contribution >= 0.6 is 0 Å². The van der Waals surface area contributed by atoms with Gasteiger partial charge in [-0.05, 0) is 37.0 Å². The van der Waals surface area contributed by atoms with E-state index < -0.39 is 0 Å². The number of fused-ring (bicyclic) bond motifs is 4. The van der Waals surface area contributed by atoms with Crippen LogP contribution in [0.4, 0.5) is 5.82 Å². The number of hydrogen-bond donors (Lipinski definition) is 1. The molecule has 1 saturated carbocycles. The van der Waals surface area contributed by atoms with Crippen LogP contribution in [0.5, 0.6) is 0 Å². The van der Waals surface area contributed by atoms with Gasteiger partial charge in [-0.25, -0.2) is 4.68 Å². The Morgan fingerprint density at radius 1 is 0.880 bits per heavy atom. The van der Waals surface area contributed by atoms with Crippen molar-refractivity contribution in [3.63, 3.8) is 0 Å². The lowest BCUT2D eigenvalue weighted by Gasteiger charge is -2.41. The van der Waals surface area contributed by atoms with Crippen LogP contribution in [-0.2, 0) is 11.8 Å². The van der Waals surface area contributed by atoms with E-state index in [9.17, 15) is 0 Å².